The number of anilines is 1. The third-order valence-electron chi connectivity index (χ3n) is 2.32. The van der Waals surface area contributed by atoms with Crippen molar-refractivity contribution in [2.45, 2.75) is 0 Å². The molecule has 0 aliphatic rings. The predicted octanol–water partition coefficient (Wildman–Crippen LogP) is 3.63. The number of nitrogens with two attached hydrogens (primary N) is 1. The summed E-state index contributed by atoms with van der Waals surface area (Å²) in [5, 5.41) is 0. The predicted molar refractivity (Wildman–Crippen MR) is 73.1 cm³/mol. The van der Waals surface area contributed by atoms with E-state index in [1.165, 1.54) is 0 Å². The van der Waals surface area contributed by atoms with Gasteiger partial charge in [0.15, 0.2) is 0 Å². The topological polar surface area (TPSA) is 44.5 Å². The van der Waals surface area contributed by atoms with E-state index in [9.17, 15) is 0 Å². The Morgan fingerprint density at radius 3 is 2.50 bits per heavy atom. The molecular weight excluding hydrogens is 226 g/mol. The van der Waals surface area contributed by atoms with Crippen molar-refractivity contribution in [3.63, 3.8) is 0 Å². The molecule has 92 valence electrons. The quantitative estimate of drug-likeness (QED) is 0.642. The number of ether oxygens (including phenoxy) is 2. The van der Waals surface area contributed by atoms with Gasteiger partial charge in [0.05, 0.1) is 5.69 Å². The summed E-state index contributed by atoms with van der Waals surface area (Å²) in [6.07, 6.45) is 1.67. The van der Waals surface area contributed by atoms with Crippen LogP contribution in [0.3, 0.4) is 0 Å². The van der Waals surface area contributed by atoms with Crippen LogP contribution in [0.1, 0.15) is 0 Å². The van der Waals surface area contributed by atoms with E-state index in [0.29, 0.717) is 23.8 Å². The molecular formula is C15H15NO2. The minimum absolute atomic E-state index is 0.434. The second kappa shape index (κ2) is 5.77. The van der Waals surface area contributed by atoms with Crippen molar-refractivity contribution in [3.05, 3.63) is 61.2 Å². The Bertz CT molecular complexity index is 523. The first-order valence-corrected chi connectivity index (χ1v) is 5.65. The van der Waals surface area contributed by atoms with E-state index < -0.39 is 0 Å². The molecule has 0 saturated heterocycles. The van der Waals surface area contributed by atoms with Crippen LogP contribution in [-0.2, 0) is 0 Å². The summed E-state index contributed by atoms with van der Waals surface area (Å²) in [6, 6.07) is 14.9. The lowest BCUT2D eigenvalue weighted by Gasteiger charge is -2.10. The maximum Gasteiger partial charge on any atom is 0.142 e. The fourth-order valence-corrected chi connectivity index (χ4v) is 1.49. The summed E-state index contributed by atoms with van der Waals surface area (Å²) in [5.74, 6) is 2.09. The smallest absolute Gasteiger partial charge is 0.142 e. The third kappa shape index (κ3) is 3.04. The molecule has 0 amide bonds. The Hall–Kier alpha value is -2.42. The Morgan fingerprint density at radius 2 is 1.83 bits per heavy atom. The van der Waals surface area contributed by atoms with Crippen LogP contribution in [-0.4, -0.2) is 6.61 Å². The lowest BCUT2D eigenvalue weighted by Crippen LogP contribution is -1.97. The van der Waals surface area contributed by atoms with Crippen LogP contribution in [0, 0.1) is 0 Å². The van der Waals surface area contributed by atoms with Crippen LogP contribution < -0.4 is 15.2 Å². The first kappa shape index (κ1) is 12.0. The van der Waals surface area contributed by atoms with E-state index in [-0.39, 0.29) is 0 Å². The zero-order valence-electron chi connectivity index (χ0n) is 10.0. The molecule has 3 nitrogen and oxygen atoms in total. The summed E-state index contributed by atoms with van der Waals surface area (Å²) in [5.41, 5.74) is 6.42. The Labute approximate surface area is 106 Å². The summed E-state index contributed by atoms with van der Waals surface area (Å²) in [4.78, 5) is 0. The molecule has 0 unspecified atom stereocenters. The van der Waals surface area contributed by atoms with Crippen molar-refractivity contribution >= 4 is 5.69 Å². The first-order valence-electron chi connectivity index (χ1n) is 5.65. The van der Waals surface area contributed by atoms with Crippen LogP contribution in [0.4, 0.5) is 5.69 Å². The standard InChI is InChI=1S/C15H15NO2/c1-2-10-17-15-9-8-13(11-14(15)16)18-12-6-4-3-5-7-12/h2-9,11H,1,10,16H2. The highest BCUT2D eigenvalue weighted by Gasteiger charge is 2.03. The molecule has 0 aliphatic carbocycles. The lowest BCUT2D eigenvalue weighted by atomic mass is 10.2. The van der Waals surface area contributed by atoms with Crippen molar-refractivity contribution in [3.8, 4) is 17.2 Å². The Kier molecular flexibility index (Phi) is 3.86. The van der Waals surface area contributed by atoms with E-state index in [0.717, 1.165) is 5.75 Å². The zero-order valence-corrected chi connectivity index (χ0v) is 10.0. The summed E-state index contributed by atoms with van der Waals surface area (Å²) >= 11 is 0. The SMILES string of the molecule is C=CCOc1ccc(Oc2ccccc2)cc1N. The van der Waals surface area contributed by atoms with Crippen molar-refractivity contribution in [1.29, 1.82) is 0 Å². The average Bonchev–Trinajstić information content (AvgIpc) is 2.39. The van der Waals surface area contributed by atoms with E-state index in [4.69, 9.17) is 15.2 Å². The van der Waals surface area contributed by atoms with Crippen LogP contribution in [0.15, 0.2) is 61.2 Å². The normalized spacial score (nSPS) is 9.78. The van der Waals surface area contributed by atoms with Crippen LogP contribution in [0.5, 0.6) is 17.2 Å². The first-order chi connectivity index (χ1) is 8.79. The highest BCUT2D eigenvalue weighted by molar-refractivity contribution is 5.56. The van der Waals surface area contributed by atoms with Crippen LogP contribution >= 0.6 is 0 Å². The molecule has 18 heavy (non-hydrogen) atoms. The monoisotopic (exact) mass is 241 g/mol. The average molecular weight is 241 g/mol. The number of nitrogen functional groups attached to an aromatic ring is 1. The molecule has 2 aromatic carbocycles. The van der Waals surface area contributed by atoms with E-state index >= 15 is 0 Å². The maximum atomic E-state index is 5.88. The highest BCUT2D eigenvalue weighted by atomic mass is 16.5. The van der Waals surface area contributed by atoms with Crippen molar-refractivity contribution < 1.29 is 9.47 Å². The number of rotatable bonds is 5. The molecule has 3 heteroatoms. The van der Waals surface area contributed by atoms with Crippen molar-refractivity contribution in [1.82, 2.24) is 0 Å². The summed E-state index contributed by atoms with van der Waals surface area (Å²) in [7, 11) is 0. The van der Waals surface area contributed by atoms with Crippen LogP contribution in [0.2, 0.25) is 0 Å². The minimum Gasteiger partial charge on any atom is -0.487 e. The third-order valence-corrected chi connectivity index (χ3v) is 2.32. The molecule has 0 radical (unpaired) electrons. The second-order valence-electron chi connectivity index (χ2n) is 3.71. The number of hydrogen-bond acceptors (Lipinski definition) is 3. The highest BCUT2D eigenvalue weighted by Crippen LogP contribution is 2.29. The van der Waals surface area contributed by atoms with Gasteiger partial charge in [-0.15, -0.1) is 0 Å². The van der Waals surface area contributed by atoms with E-state index in [1.54, 1.807) is 18.2 Å². The van der Waals surface area contributed by atoms with Gasteiger partial charge >= 0.3 is 0 Å². The maximum absolute atomic E-state index is 5.88. The lowest BCUT2D eigenvalue weighted by molar-refractivity contribution is 0.364. The van der Waals surface area contributed by atoms with Gasteiger partial charge in [0.1, 0.15) is 23.9 Å². The van der Waals surface area contributed by atoms with E-state index in [2.05, 4.69) is 6.58 Å². The molecule has 0 saturated carbocycles. The summed E-state index contributed by atoms with van der Waals surface area (Å²) in [6.45, 7) is 4.02. The molecule has 0 fully saturated rings. The van der Waals surface area contributed by atoms with Gasteiger partial charge in [-0.1, -0.05) is 30.9 Å². The zero-order chi connectivity index (χ0) is 12.8. The molecule has 0 heterocycles. The van der Waals surface area contributed by atoms with Gasteiger partial charge in [0.25, 0.3) is 0 Å². The van der Waals surface area contributed by atoms with Gasteiger partial charge in [0.2, 0.25) is 0 Å². The minimum atomic E-state index is 0.434. The molecule has 2 rings (SSSR count). The number of para-hydroxylation sites is 1. The van der Waals surface area contributed by atoms with Gasteiger partial charge in [-0.3, -0.25) is 0 Å². The largest absolute Gasteiger partial charge is 0.487 e. The molecule has 2 N–H and O–H groups in total. The Balaban J connectivity index is 2.11. The van der Waals surface area contributed by atoms with Gasteiger partial charge in [0, 0.05) is 6.07 Å². The van der Waals surface area contributed by atoms with Gasteiger partial charge in [-0.2, -0.15) is 0 Å². The van der Waals surface area contributed by atoms with Gasteiger partial charge in [-0.05, 0) is 24.3 Å². The molecule has 0 aromatic heterocycles. The molecule has 0 bridgehead atoms. The molecule has 0 atom stereocenters. The van der Waals surface area contributed by atoms with Crippen molar-refractivity contribution in [2.75, 3.05) is 12.3 Å². The second-order valence-corrected chi connectivity index (χ2v) is 3.71. The fraction of sp³-hybridized carbons (Fsp3) is 0.0667. The van der Waals surface area contributed by atoms with E-state index in [1.807, 2.05) is 36.4 Å². The van der Waals surface area contributed by atoms with Gasteiger partial charge in [-0.25, -0.2) is 0 Å². The fourth-order valence-electron chi connectivity index (χ4n) is 1.49. The molecule has 0 aliphatic heterocycles. The Morgan fingerprint density at radius 1 is 1.06 bits per heavy atom. The number of benzene rings is 2. The molecule has 0 spiro atoms. The summed E-state index contributed by atoms with van der Waals surface area (Å²) < 4.78 is 11.1. The van der Waals surface area contributed by atoms with Gasteiger partial charge < -0.3 is 15.2 Å². The van der Waals surface area contributed by atoms with Crippen molar-refractivity contribution in [2.24, 2.45) is 0 Å². The molecule has 2 aromatic rings. The van der Waals surface area contributed by atoms with Crippen LogP contribution in [0.25, 0.3) is 0 Å². The number of hydrogen-bond donors (Lipinski definition) is 1.